The average Bonchev–Trinajstić information content (AvgIpc) is 3.38. The number of benzene rings is 2. The Balaban J connectivity index is 1.30. The molecule has 0 bridgehead atoms. The molecule has 8 nitrogen and oxygen atoms in total. The maximum absolute atomic E-state index is 14.8. The SMILES string of the molecule is Cc1n[nH]c(C)c1-c1ccc(NC(=O)C(NC(=O)C2(F)CC2)[C@@H]2CCCc3ccc(-c4cnn(C(F)F)c4)cc32)cc1. The maximum atomic E-state index is 14.8. The molecule has 1 saturated carbocycles. The van der Waals surface area contributed by atoms with Gasteiger partial charge in [-0.3, -0.25) is 14.7 Å². The average molecular weight is 577 g/mol. The molecule has 218 valence electrons. The zero-order valence-electron chi connectivity index (χ0n) is 23.3. The van der Waals surface area contributed by atoms with Crippen LogP contribution in [0.4, 0.5) is 18.9 Å². The van der Waals surface area contributed by atoms with Crippen molar-refractivity contribution < 1.29 is 22.8 Å². The van der Waals surface area contributed by atoms with Crippen molar-refractivity contribution in [3.63, 3.8) is 0 Å². The normalized spacial score (nSPS) is 17.9. The van der Waals surface area contributed by atoms with E-state index in [1.807, 2.05) is 44.2 Å². The third kappa shape index (κ3) is 5.31. The number of amides is 2. The molecule has 0 spiro atoms. The second-order valence-corrected chi connectivity index (χ2v) is 11.2. The molecule has 2 aromatic carbocycles. The lowest BCUT2D eigenvalue weighted by atomic mass is 9.77. The molecule has 3 N–H and O–H groups in total. The van der Waals surface area contributed by atoms with Crippen LogP contribution in [0.25, 0.3) is 22.3 Å². The van der Waals surface area contributed by atoms with Crippen LogP contribution in [-0.4, -0.2) is 43.5 Å². The molecule has 42 heavy (non-hydrogen) atoms. The highest BCUT2D eigenvalue weighted by molar-refractivity contribution is 6.00. The number of alkyl halides is 3. The van der Waals surface area contributed by atoms with Gasteiger partial charge in [0.25, 0.3) is 5.91 Å². The fourth-order valence-corrected chi connectivity index (χ4v) is 5.83. The van der Waals surface area contributed by atoms with Crippen LogP contribution in [0.2, 0.25) is 0 Å². The van der Waals surface area contributed by atoms with Gasteiger partial charge in [0.2, 0.25) is 5.91 Å². The van der Waals surface area contributed by atoms with Crippen molar-refractivity contribution in [2.24, 2.45) is 0 Å². The van der Waals surface area contributed by atoms with E-state index >= 15 is 0 Å². The second kappa shape index (κ2) is 10.8. The molecule has 2 aliphatic rings. The summed E-state index contributed by atoms with van der Waals surface area (Å²) in [5, 5.41) is 16.6. The van der Waals surface area contributed by atoms with E-state index in [0.29, 0.717) is 27.9 Å². The highest BCUT2D eigenvalue weighted by Crippen LogP contribution is 2.42. The van der Waals surface area contributed by atoms with Crippen LogP contribution in [0.3, 0.4) is 0 Å². The number of aromatic nitrogens is 4. The standard InChI is InChI=1S/C31H31F3N6O2/c1-17-26(18(2)39-38-17)20-8-10-23(11-9-20)36-28(41)27(37-29(42)31(34)12-13-31)24-5-3-4-19-6-7-21(14-25(19)24)22-15-35-40(16-22)30(32)33/h6-11,14-16,24,27,30H,3-5,12-13H2,1-2H3,(H,36,41)(H,37,42)(H,38,39)/t24-,27?/m1/s1. The van der Waals surface area contributed by atoms with Crippen molar-refractivity contribution in [2.75, 3.05) is 5.32 Å². The summed E-state index contributed by atoms with van der Waals surface area (Å²) in [5.74, 6) is -1.68. The third-order valence-corrected chi connectivity index (χ3v) is 8.28. The van der Waals surface area contributed by atoms with Gasteiger partial charge >= 0.3 is 6.55 Å². The van der Waals surface area contributed by atoms with Crippen molar-refractivity contribution >= 4 is 17.5 Å². The quantitative estimate of drug-likeness (QED) is 0.239. The molecule has 4 aromatic rings. The van der Waals surface area contributed by atoms with Crippen molar-refractivity contribution in [3.8, 4) is 22.3 Å². The minimum absolute atomic E-state index is 0.126. The molecule has 11 heteroatoms. The van der Waals surface area contributed by atoms with E-state index in [2.05, 4.69) is 25.9 Å². The molecule has 2 amide bonds. The Hall–Kier alpha value is -4.41. The summed E-state index contributed by atoms with van der Waals surface area (Å²) in [7, 11) is 0. The molecule has 0 radical (unpaired) electrons. The highest BCUT2D eigenvalue weighted by Gasteiger charge is 2.52. The summed E-state index contributed by atoms with van der Waals surface area (Å²) >= 11 is 0. The van der Waals surface area contributed by atoms with E-state index in [-0.39, 0.29) is 12.8 Å². The van der Waals surface area contributed by atoms with Gasteiger partial charge in [0.1, 0.15) is 6.04 Å². The predicted molar refractivity (Wildman–Crippen MR) is 152 cm³/mol. The number of nitrogens with one attached hydrogen (secondary N) is 3. The molecule has 0 saturated heterocycles. The number of H-pyrrole nitrogens is 1. The van der Waals surface area contributed by atoms with Crippen LogP contribution < -0.4 is 10.6 Å². The number of aromatic amines is 1. The van der Waals surface area contributed by atoms with Crippen LogP contribution in [-0.2, 0) is 16.0 Å². The predicted octanol–water partition coefficient (Wildman–Crippen LogP) is 6.00. The first-order valence-electron chi connectivity index (χ1n) is 14.0. The van der Waals surface area contributed by atoms with Crippen LogP contribution in [0.1, 0.15) is 60.7 Å². The Bertz CT molecular complexity index is 1620. The van der Waals surface area contributed by atoms with Gasteiger partial charge in [0, 0.05) is 34.6 Å². The first-order valence-corrected chi connectivity index (χ1v) is 14.0. The summed E-state index contributed by atoms with van der Waals surface area (Å²) in [6.45, 7) is 1.09. The first-order chi connectivity index (χ1) is 20.1. The van der Waals surface area contributed by atoms with Crippen LogP contribution in [0, 0.1) is 13.8 Å². The fourth-order valence-electron chi connectivity index (χ4n) is 5.83. The topological polar surface area (TPSA) is 105 Å². The minimum Gasteiger partial charge on any atom is -0.341 e. The maximum Gasteiger partial charge on any atom is 0.333 e. The number of anilines is 1. The number of fused-ring (bicyclic) bond motifs is 1. The van der Waals surface area contributed by atoms with Gasteiger partial charge in [-0.05, 0) is 80.3 Å². The summed E-state index contributed by atoms with van der Waals surface area (Å²) in [6, 6.07) is 11.9. The molecule has 0 aliphatic heterocycles. The summed E-state index contributed by atoms with van der Waals surface area (Å²) in [6.07, 6.45) is 5.02. The van der Waals surface area contributed by atoms with Crippen molar-refractivity contribution in [1.82, 2.24) is 25.3 Å². The Morgan fingerprint density at radius 2 is 1.81 bits per heavy atom. The highest BCUT2D eigenvalue weighted by atomic mass is 19.3. The van der Waals surface area contributed by atoms with E-state index in [9.17, 15) is 22.8 Å². The van der Waals surface area contributed by atoms with Crippen LogP contribution >= 0.6 is 0 Å². The van der Waals surface area contributed by atoms with E-state index < -0.39 is 36.0 Å². The summed E-state index contributed by atoms with van der Waals surface area (Å²) < 4.78 is 41.6. The van der Waals surface area contributed by atoms with Gasteiger partial charge < -0.3 is 10.6 Å². The molecule has 1 unspecified atom stereocenters. The number of hydrogen-bond acceptors (Lipinski definition) is 4. The largest absolute Gasteiger partial charge is 0.341 e. The Morgan fingerprint density at radius 3 is 2.45 bits per heavy atom. The number of aryl methyl sites for hydroxylation is 3. The van der Waals surface area contributed by atoms with Gasteiger partial charge in [-0.1, -0.05) is 30.3 Å². The molecular formula is C31H31F3N6O2. The number of hydrogen-bond donors (Lipinski definition) is 3. The van der Waals surface area contributed by atoms with Crippen LogP contribution in [0.15, 0.2) is 54.9 Å². The zero-order chi connectivity index (χ0) is 29.6. The molecule has 2 aromatic heterocycles. The minimum atomic E-state index is -2.76. The van der Waals surface area contributed by atoms with E-state index in [0.717, 1.165) is 46.5 Å². The van der Waals surface area contributed by atoms with Gasteiger partial charge in [0.15, 0.2) is 5.67 Å². The Morgan fingerprint density at radius 1 is 1.07 bits per heavy atom. The smallest absolute Gasteiger partial charge is 0.333 e. The molecule has 1 fully saturated rings. The second-order valence-electron chi connectivity index (χ2n) is 11.2. The van der Waals surface area contributed by atoms with Crippen molar-refractivity contribution in [3.05, 3.63) is 77.4 Å². The number of rotatable bonds is 8. The molecular weight excluding hydrogens is 545 g/mol. The summed E-state index contributed by atoms with van der Waals surface area (Å²) in [4.78, 5) is 26.7. The fraction of sp³-hybridized carbons (Fsp3) is 0.355. The number of nitrogens with zero attached hydrogens (tertiary/aromatic N) is 3. The molecule has 6 rings (SSSR count). The molecule has 2 atom stereocenters. The van der Waals surface area contributed by atoms with Gasteiger partial charge in [-0.2, -0.15) is 19.0 Å². The lowest BCUT2D eigenvalue weighted by Crippen LogP contribution is -2.51. The number of carbonyl (C=O) groups is 2. The van der Waals surface area contributed by atoms with E-state index in [1.54, 1.807) is 12.1 Å². The van der Waals surface area contributed by atoms with E-state index in [4.69, 9.17) is 0 Å². The van der Waals surface area contributed by atoms with Gasteiger partial charge in [0.05, 0.1) is 11.9 Å². The van der Waals surface area contributed by atoms with E-state index in [1.165, 1.54) is 12.4 Å². The summed E-state index contributed by atoms with van der Waals surface area (Å²) in [5.41, 5.74) is 5.32. The zero-order valence-corrected chi connectivity index (χ0v) is 23.3. The molecule has 2 aliphatic carbocycles. The van der Waals surface area contributed by atoms with Crippen molar-refractivity contribution in [2.45, 2.75) is 70.1 Å². The van der Waals surface area contributed by atoms with Gasteiger partial charge in [-0.25, -0.2) is 9.07 Å². The number of carbonyl (C=O) groups excluding carboxylic acids is 2. The lowest BCUT2D eigenvalue weighted by Gasteiger charge is -2.33. The van der Waals surface area contributed by atoms with Crippen molar-refractivity contribution in [1.29, 1.82) is 0 Å². The Labute approximate surface area is 240 Å². The molecule has 2 heterocycles. The lowest BCUT2D eigenvalue weighted by molar-refractivity contribution is -0.131. The number of halogens is 3. The van der Waals surface area contributed by atoms with Gasteiger partial charge in [-0.15, -0.1) is 0 Å². The van der Waals surface area contributed by atoms with Crippen LogP contribution in [0.5, 0.6) is 0 Å². The first kappa shape index (κ1) is 27.7. The Kier molecular flexibility index (Phi) is 7.12. The third-order valence-electron chi connectivity index (χ3n) is 8.28. The monoisotopic (exact) mass is 576 g/mol.